The topological polar surface area (TPSA) is 55.2 Å². The van der Waals surface area contributed by atoms with Crippen LogP contribution in [0, 0.1) is 0 Å². The van der Waals surface area contributed by atoms with E-state index in [1.807, 2.05) is 36.4 Å². The first-order chi connectivity index (χ1) is 12.7. The molecule has 6 heteroatoms. The fourth-order valence-electron chi connectivity index (χ4n) is 2.56. The number of ether oxygens (including phenoxy) is 2. The molecule has 1 heterocycles. The van der Waals surface area contributed by atoms with Crippen molar-refractivity contribution >= 4 is 22.6 Å². The van der Waals surface area contributed by atoms with Crippen molar-refractivity contribution in [1.82, 2.24) is 5.43 Å². The van der Waals surface area contributed by atoms with E-state index >= 15 is 0 Å². The molecule has 0 bridgehead atoms. The lowest BCUT2D eigenvalue weighted by molar-refractivity contribution is 0.414. The molecule has 1 N–H and O–H groups in total. The lowest BCUT2D eigenvalue weighted by atomic mass is 10.0. The highest BCUT2D eigenvalue weighted by Crippen LogP contribution is 2.36. The van der Waals surface area contributed by atoms with Crippen LogP contribution in [0.4, 0.5) is 0 Å². The van der Waals surface area contributed by atoms with Crippen molar-refractivity contribution in [2.24, 2.45) is 10.1 Å². The maximum atomic E-state index is 5.27. The van der Waals surface area contributed by atoms with Gasteiger partial charge in [-0.05, 0) is 47.5 Å². The van der Waals surface area contributed by atoms with E-state index in [1.54, 1.807) is 32.1 Å². The molecular weight excluding hydrogens is 346 g/mol. The van der Waals surface area contributed by atoms with Gasteiger partial charge >= 0.3 is 0 Å². The number of hydrazone groups is 1. The molecule has 0 amide bonds. The van der Waals surface area contributed by atoms with Crippen molar-refractivity contribution in [2.75, 3.05) is 20.8 Å². The highest BCUT2D eigenvalue weighted by Gasteiger charge is 2.27. The number of hydrogen-bond acceptors (Lipinski definition) is 5. The van der Waals surface area contributed by atoms with Crippen LogP contribution in [0.3, 0.4) is 0 Å². The Morgan fingerprint density at radius 1 is 1.08 bits per heavy atom. The van der Waals surface area contributed by atoms with Gasteiger partial charge in [0.2, 0.25) is 0 Å². The zero-order chi connectivity index (χ0) is 18.4. The molecule has 1 aliphatic heterocycles. The standard InChI is InChI=1S/C20H21N3O2S/c1-4-13-21-20-23-22-18(14-5-9-16(24-2)10-6-14)19(26-20)15-7-11-17(25-3)12-8-15/h4-12,19H,1,13H2,2-3H3,(H,21,23)/t19-/m1/s1. The van der Waals surface area contributed by atoms with E-state index in [4.69, 9.17) is 9.47 Å². The molecule has 0 saturated carbocycles. The van der Waals surface area contributed by atoms with Gasteiger partial charge in [0.15, 0.2) is 5.17 Å². The Hall–Kier alpha value is -2.73. The van der Waals surface area contributed by atoms with Crippen LogP contribution in [0.2, 0.25) is 0 Å². The molecule has 0 saturated heterocycles. The van der Waals surface area contributed by atoms with Crippen LogP contribution < -0.4 is 14.9 Å². The number of thioether (sulfide) groups is 1. The second-order valence-corrected chi connectivity index (χ2v) is 6.64. The summed E-state index contributed by atoms with van der Waals surface area (Å²) in [7, 11) is 3.33. The van der Waals surface area contributed by atoms with Gasteiger partial charge in [0, 0.05) is 0 Å². The SMILES string of the molecule is C=CCN=C1NN=C(c2ccc(OC)cc2)[C@@H](c2ccc(OC)cc2)S1. The van der Waals surface area contributed by atoms with Gasteiger partial charge in [-0.1, -0.05) is 30.0 Å². The van der Waals surface area contributed by atoms with E-state index in [9.17, 15) is 0 Å². The van der Waals surface area contributed by atoms with Crippen molar-refractivity contribution in [2.45, 2.75) is 5.25 Å². The largest absolute Gasteiger partial charge is 0.497 e. The van der Waals surface area contributed by atoms with E-state index in [-0.39, 0.29) is 5.25 Å². The van der Waals surface area contributed by atoms with Gasteiger partial charge in [-0.15, -0.1) is 6.58 Å². The average molecular weight is 367 g/mol. The van der Waals surface area contributed by atoms with E-state index in [0.29, 0.717) is 6.54 Å². The molecule has 0 radical (unpaired) electrons. The zero-order valence-corrected chi connectivity index (χ0v) is 15.6. The Balaban J connectivity index is 1.96. The summed E-state index contributed by atoms with van der Waals surface area (Å²) in [6.07, 6.45) is 1.76. The maximum absolute atomic E-state index is 5.27. The quantitative estimate of drug-likeness (QED) is 0.783. The summed E-state index contributed by atoms with van der Waals surface area (Å²) in [6, 6.07) is 16.0. The molecule has 0 unspecified atom stereocenters. The predicted molar refractivity (Wildman–Crippen MR) is 108 cm³/mol. The minimum absolute atomic E-state index is 0.0270. The fourth-order valence-corrected chi connectivity index (χ4v) is 3.63. The Kier molecular flexibility index (Phi) is 5.96. The average Bonchev–Trinajstić information content (AvgIpc) is 2.72. The molecule has 0 aromatic heterocycles. The zero-order valence-electron chi connectivity index (χ0n) is 14.8. The Bertz CT molecular complexity index is 814. The monoisotopic (exact) mass is 367 g/mol. The van der Waals surface area contributed by atoms with E-state index in [1.165, 1.54) is 0 Å². The summed E-state index contributed by atoms with van der Waals surface area (Å²) < 4.78 is 10.5. The van der Waals surface area contributed by atoms with Crippen LogP contribution in [0.1, 0.15) is 16.4 Å². The van der Waals surface area contributed by atoms with Gasteiger partial charge in [0.25, 0.3) is 0 Å². The maximum Gasteiger partial charge on any atom is 0.178 e. The van der Waals surface area contributed by atoms with Crippen molar-refractivity contribution in [3.8, 4) is 11.5 Å². The molecule has 26 heavy (non-hydrogen) atoms. The summed E-state index contributed by atoms with van der Waals surface area (Å²) >= 11 is 1.64. The highest BCUT2D eigenvalue weighted by molar-refractivity contribution is 8.14. The Morgan fingerprint density at radius 2 is 1.69 bits per heavy atom. The predicted octanol–water partition coefficient (Wildman–Crippen LogP) is 4.03. The van der Waals surface area contributed by atoms with E-state index in [0.717, 1.165) is 33.5 Å². The van der Waals surface area contributed by atoms with Gasteiger partial charge in [-0.3, -0.25) is 10.4 Å². The number of aliphatic imine (C=N–C) groups is 1. The number of hydrogen-bond donors (Lipinski definition) is 1. The van der Waals surface area contributed by atoms with Crippen molar-refractivity contribution in [3.63, 3.8) is 0 Å². The van der Waals surface area contributed by atoms with E-state index < -0.39 is 0 Å². The normalized spacial score (nSPS) is 18.0. The molecule has 2 aromatic rings. The van der Waals surface area contributed by atoms with Crippen LogP contribution in [-0.2, 0) is 0 Å². The molecule has 5 nitrogen and oxygen atoms in total. The van der Waals surface area contributed by atoms with Crippen LogP contribution in [0.25, 0.3) is 0 Å². The number of benzene rings is 2. The second kappa shape index (κ2) is 8.58. The van der Waals surface area contributed by atoms with Crippen LogP contribution in [0.15, 0.2) is 71.3 Å². The molecule has 0 aliphatic carbocycles. The highest BCUT2D eigenvalue weighted by atomic mass is 32.2. The first-order valence-corrected chi connectivity index (χ1v) is 9.07. The number of nitrogens with zero attached hydrogens (tertiary/aromatic N) is 2. The van der Waals surface area contributed by atoms with Gasteiger partial charge in [0.05, 0.1) is 31.7 Å². The molecule has 1 atom stereocenters. The van der Waals surface area contributed by atoms with Gasteiger partial charge in [0.1, 0.15) is 11.5 Å². The molecule has 0 spiro atoms. The lowest BCUT2D eigenvalue weighted by Crippen LogP contribution is -2.28. The minimum Gasteiger partial charge on any atom is -0.497 e. The Labute approximate surface area is 157 Å². The molecular formula is C20H21N3O2S. The Morgan fingerprint density at radius 3 is 2.27 bits per heavy atom. The summed E-state index contributed by atoms with van der Waals surface area (Å²) in [5, 5.41) is 5.41. The van der Waals surface area contributed by atoms with Gasteiger partial charge < -0.3 is 9.47 Å². The number of nitrogens with one attached hydrogen (secondary N) is 1. The third-order valence-corrected chi connectivity index (χ3v) is 5.09. The van der Waals surface area contributed by atoms with Crippen LogP contribution in [0.5, 0.6) is 11.5 Å². The van der Waals surface area contributed by atoms with Crippen LogP contribution >= 0.6 is 11.8 Å². The third-order valence-electron chi connectivity index (χ3n) is 3.92. The summed E-state index contributed by atoms with van der Waals surface area (Å²) in [5.41, 5.74) is 6.17. The summed E-state index contributed by atoms with van der Waals surface area (Å²) in [6.45, 7) is 4.27. The lowest BCUT2D eigenvalue weighted by Gasteiger charge is -2.25. The third kappa shape index (κ3) is 4.08. The first-order valence-electron chi connectivity index (χ1n) is 8.19. The molecule has 0 fully saturated rings. The van der Waals surface area contributed by atoms with Crippen molar-refractivity contribution in [1.29, 1.82) is 0 Å². The smallest absolute Gasteiger partial charge is 0.178 e. The first kappa shape index (κ1) is 18.1. The fraction of sp³-hybridized carbons (Fsp3) is 0.200. The van der Waals surface area contributed by atoms with Gasteiger partial charge in [-0.25, -0.2) is 0 Å². The summed E-state index contributed by atoms with van der Waals surface area (Å²) in [4.78, 5) is 4.47. The molecule has 134 valence electrons. The van der Waals surface area contributed by atoms with Crippen molar-refractivity contribution < 1.29 is 9.47 Å². The van der Waals surface area contributed by atoms with Gasteiger partial charge in [-0.2, -0.15) is 5.10 Å². The number of amidine groups is 1. The number of methoxy groups -OCH3 is 2. The molecule has 3 rings (SSSR count). The second-order valence-electron chi connectivity index (χ2n) is 5.54. The molecule has 1 aliphatic rings. The minimum atomic E-state index is 0.0270. The molecule has 2 aromatic carbocycles. The number of rotatable bonds is 6. The summed E-state index contributed by atoms with van der Waals surface area (Å²) in [5.74, 6) is 1.65. The van der Waals surface area contributed by atoms with E-state index in [2.05, 4.69) is 34.2 Å². The van der Waals surface area contributed by atoms with Crippen molar-refractivity contribution in [3.05, 3.63) is 72.3 Å². The van der Waals surface area contributed by atoms with Crippen LogP contribution in [-0.4, -0.2) is 31.6 Å².